The van der Waals surface area contributed by atoms with Gasteiger partial charge in [0.1, 0.15) is 5.76 Å². The van der Waals surface area contributed by atoms with Crippen LogP contribution in [0.25, 0.3) is 0 Å². The first-order valence-corrected chi connectivity index (χ1v) is 5.54. The molecule has 3 amide bonds. The summed E-state index contributed by atoms with van der Waals surface area (Å²) in [5, 5.41) is 0. The third-order valence-corrected chi connectivity index (χ3v) is 2.81. The van der Waals surface area contributed by atoms with E-state index in [0.717, 1.165) is 4.90 Å². The number of piperidine rings is 1. The average Bonchev–Trinajstić information content (AvgIpc) is 2.81. The Morgan fingerprint density at radius 3 is 2.67 bits per heavy atom. The maximum absolute atomic E-state index is 11.6. The molecule has 1 saturated heterocycles. The molecule has 0 saturated carbocycles. The lowest BCUT2D eigenvalue weighted by Crippen LogP contribution is -2.40. The lowest BCUT2D eigenvalue weighted by Gasteiger charge is -2.24. The normalized spacial score (nSPS) is 15.9. The predicted octanol–water partition coefficient (Wildman–Crippen LogP) is -0.0778. The summed E-state index contributed by atoms with van der Waals surface area (Å²) < 4.78 is 5.12. The molecule has 0 bridgehead atoms. The Morgan fingerprint density at radius 1 is 1.39 bits per heavy atom. The van der Waals surface area contributed by atoms with Crippen molar-refractivity contribution in [2.24, 2.45) is 5.84 Å². The highest BCUT2D eigenvalue weighted by atomic mass is 16.3. The van der Waals surface area contributed by atoms with Crippen molar-refractivity contribution in [3.63, 3.8) is 0 Å². The smallest absolute Gasteiger partial charge is 0.268 e. The largest absolute Gasteiger partial charge is 0.467 e. The zero-order valence-corrected chi connectivity index (χ0v) is 9.64. The van der Waals surface area contributed by atoms with E-state index in [1.165, 1.54) is 12.3 Å². The van der Waals surface area contributed by atoms with E-state index in [9.17, 15) is 14.4 Å². The van der Waals surface area contributed by atoms with E-state index >= 15 is 0 Å². The molecule has 1 aliphatic rings. The van der Waals surface area contributed by atoms with Crippen LogP contribution in [0, 0.1) is 0 Å². The summed E-state index contributed by atoms with van der Waals surface area (Å²) in [4.78, 5) is 35.8. The van der Waals surface area contributed by atoms with Gasteiger partial charge in [-0.3, -0.25) is 24.7 Å². The molecule has 0 radical (unpaired) electrons. The third-order valence-electron chi connectivity index (χ3n) is 2.81. The number of hydrogen-bond acceptors (Lipinski definition) is 5. The number of nitrogens with zero attached hydrogens (tertiary/aromatic N) is 1. The molecule has 0 unspecified atom stereocenters. The van der Waals surface area contributed by atoms with Crippen molar-refractivity contribution in [1.82, 2.24) is 10.3 Å². The summed E-state index contributed by atoms with van der Waals surface area (Å²) in [5.74, 6) is 4.27. The van der Waals surface area contributed by atoms with Gasteiger partial charge in [-0.05, 0) is 12.5 Å². The fourth-order valence-electron chi connectivity index (χ4n) is 1.86. The molecule has 1 aromatic heterocycles. The molecule has 7 nitrogen and oxygen atoms in total. The van der Waals surface area contributed by atoms with Crippen LogP contribution >= 0.6 is 0 Å². The molecular weight excluding hydrogens is 238 g/mol. The molecule has 2 rings (SSSR count). The van der Waals surface area contributed by atoms with Crippen molar-refractivity contribution in [1.29, 1.82) is 0 Å². The molecule has 3 N–H and O–H groups in total. The number of imide groups is 1. The first-order chi connectivity index (χ1) is 8.63. The molecule has 0 aromatic carbocycles. The fraction of sp³-hybridized carbons (Fsp3) is 0.364. The number of nitrogens with one attached hydrogen (secondary N) is 1. The first kappa shape index (κ1) is 12.3. The summed E-state index contributed by atoms with van der Waals surface area (Å²) in [6.07, 6.45) is 2.57. The third kappa shape index (κ3) is 2.25. The predicted molar refractivity (Wildman–Crippen MR) is 59.8 cm³/mol. The number of carbonyl (C=O) groups excluding carboxylic acids is 3. The van der Waals surface area contributed by atoms with Crippen molar-refractivity contribution in [2.45, 2.75) is 25.8 Å². The number of amides is 3. The molecular formula is C11H13N3O4. The van der Waals surface area contributed by atoms with Crippen molar-refractivity contribution < 1.29 is 18.8 Å². The van der Waals surface area contributed by atoms with Crippen molar-refractivity contribution in [3.05, 3.63) is 23.7 Å². The molecule has 18 heavy (non-hydrogen) atoms. The number of hydrazine groups is 1. The number of furan rings is 1. The Labute approximate surface area is 103 Å². The zero-order valence-electron chi connectivity index (χ0n) is 9.64. The molecule has 96 valence electrons. The van der Waals surface area contributed by atoms with E-state index < -0.39 is 5.91 Å². The van der Waals surface area contributed by atoms with E-state index in [4.69, 9.17) is 10.3 Å². The second-order valence-electron chi connectivity index (χ2n) is 3.96. The second-order valence-corrected chi connectivity index (χ2v) is 3.96. The minimum atomic E-state index is -0.518. The molecule has 1 fully saturated rings. The second kappa shape index (κ2) is 5.01. The van der Waals surface area contributed by atoms with Crippen LogP contribution < -0.4 is 11.3 Å². The monoisotopic (exact) mass is 251 g/mol. The lowest BCUT2D eigenvalue weighted by atomic mass is 10.1. The molecule has 0 spiro atoms. The van der Waals surface area contributed by atoms with Crippen molar-refractivity contribution in [2.75, 3.05) is 0 Å². The van der Waals surface area contributed by atoms with Gasteiger partial charge in [0.2, 0.25) is 11.8 Å². The Hall–Kier alpha value is -2.15. The number of rotatable bonds is 3. The Morgan fingerprint density at radius 2 is 2.06 bits per heavy atom. The Balaban J connectivity index is 2.18. The van der Waals surface area contributed by atoms with Gasteiger partial charge in [-0.25, -0.2) is 5.84 Å². The number of nitrogen functional groups attached to an aromatic ring is 1. The van der Waals surface area contributed by atoms with Crippen LogP contribution in [0.4, 0.5) is 0 Å². The van der Waals surface area contributed by atoms with Gasteiger partial charge in [0, 0.05) is 12.8 Å². The first-order valence-electron chi connectivity index (χ1n) is 5.54. The quantitative estimate of drug-likeness (QED) is 0.338. The summed E-state index contributed by atoms with van der Waals surface area (Å²) in [7, 11) is 0. The van der Waals surface area contributed by atoms with Gasteiger partial charge >= 0.3 is 0 Å². The summed E-state index contributed by atoms with van der Waals surface area (Å²) in [6, 6.07) is 1.44. The van der Waals surface area contributed by atoms with Gasteiger partial charge in [0.05, 0.1) is 18.4 Å². The SMILES string of the molecule is NNC(=O)c1ccoc1CN1C(=O)CCCC1=O. The van der Waals surface area contributed by atoms with Crippen LogP contribution in [-0.4, -0.2) is 22.6 Å². The van der Waals surface area contributed by atoms with Gasteiger partial charge in [-0.1, -0.05) is 0 Å². The summed E-state index contributed by atoms with van der Waals surface area (Å²) in [6.45, 7) is -0.0343. The van der Waals surface area contributed by atoms with Gasteiger partial charge in [0.25, 0.3) is 5.91 Å². The highest BCUT2D eigenvalue weighted by molar-refractivity contribution is 5.98. The van der Waals surface area contributed by atoms with E-state index in [-0.39, 0.29) is 29.7 Å². The zero-order chi connectivity index (χ0) is 13.1. The minimum Gasteiger partial charge on any atom is -0.467 e. The number of carbonyl (C=O) groups is 3. The summed E-state index contributed by atoms with van der Waals surface area (Å²) in [5.41, 5.74) is 2.21. The fourth-order valence-corrected chi connectivity index (χ4v) is 1.86. The van der Waals surface area contributed by atoms with Crippen LogP contribution in [-0.2, 0) is 16.1 Å². The number of hydrogen-bond donors (Lipinski definition) is 2. The van der Waals surface area contributed by atoms with Crippen LogP contribution in [0.2, 0.25) is 0 Å². The van der Waals surface area contributed by atoms with E-state index in [1.54, 1.807) is 0 Å². The van der Waals surface area contributed by atoms with E-state index in [1.807, 2.05) is 5.43 Å². The minimum absolute atomic E-state index is 0.0343. The highest BCUT2D eigenvalue weighted by Crippen LogP contribution is 2.18. The number of nitrogens with two attached hydrogens (primary N) is 1. The van der Waals surface area contributed by atoms with Crippen LogP contribution in [0.1, 0.15) is 35.4 Å². The molecule has 0 aliphatic carbocycles. The topological polar surface area (TPSA) is 106 Å². The highest BCUT2D eigenvalue weighted by Gasteiger charge is 2.28. The molecule has 2 heterocycles. The molecule has 1 aromatic rings. The van der Waals surface area contributed by atoms with E-state index in [2.05, 4.69) is 0 Å². The molecule has 7 heteroatoms. The van der Waals surface area contributed by atoms with Gasteiger partial charge < -0.3 is 4.42 Å². The Kier molecular flexibility index (Phi) is 3.42. The van der Waals surface area contributed by atoms with E-state index in [0.29, 0.717) is 19.3 Å². The maximum Gasteiger partial charge on any atom is 0.268 e. The van der Waals surface area contributed by atoms with Gasteiger partial charge in [0.15, 0.2) is 0 Å². The van der Waals surface area contributed by atoms with Gasteiger partial charge in [-0.15, -0.1) is 0 Å². The molecule has 0 atom stereocenters. The lowest BCUT2D eigenvalue weighted by molar-refractivity contribution is -0.149. The van der Waals surface area contributed by atoms with Crippen LogP contribution in [0.15, 0.2) is 16.7 Å². The van der Waals surface area contributed by atoms with Crippen LogP contribution in [0.3, 0.4) is 0 Å². The van der Waals surface area contributed by atoms with Crippen LogP contribution in [0.5, 0.6) is 0 Å². The standard InChI is InChI=1S/C11H13N3O4/c12-13-11(17)7-4-5-18-8(7)6-14-9(15)2-1-3-10(14)16/h4-5H,1-3,6,12H2,(H,13,17). The van der Waals surface area contributed by atoms with Gasteiger partial charge in [-0.2, -0.15) is 0 Å². The van der Waals surface area contributed by atoms with Crippen molar-refractivity contribution in [3.8, 4) is 0 Å². The average molecular weight is 251 g/mol. The van der Waals surface area contributed by atoms with Crippen molar-refractivity contribution >= 4 is 17.7 Å². The Bertz CT molecular complexity index is 478. The molecule has 1 aliphatic heterocycles. The summed E-state index contributed by atoms with van der Waals surface area (Å²) >= 11 is 0. The number of likely N-dealkylation sites (tertiary alicyclic amines) is 1. The maximum atomic E-state index is 11.6.